The number of allylic oxidation sites excluding steroid dienone is 4. The lowest BCUT2D eigenvalue weighted by atomic mass is 9.68. The van der Waals surface area contributed by atoms with Gasteiger partial charge in [-0.25, -0.2) is 4.39 Å². The molecule has 1 atom stereocenters. The molecule has 0 amide bonds. The average molecular weight is 439 g/mol. The van der Waals surface area contributed by atoms with Crippen molar-refractivity contribution in [2.75, 3.05) is 0 Å². The van der Waals surface area contributed by atoms with E-state index in [2.05, 4.69) is 44.3 Å². The lowest BCUT2D eigenvalue weighted by Crippen LogP contribution is -2.24. The lowest BCUT2D eigenvalue weighted by molar-refractivity contribution is 0.145. The molecule has 3 heteroatoms. The zero-order valence-electron chi connectivity index (χ0n) is 21.1. The number of rotatable bonds is 7. The van der Waals surface area contributed by atoms with Gasteiger partial charge in [0.2, 0.25) is 0 Å². The lowest BCUT2D eigenvalue weighted by Gasteiger charge is -2.38. The predicted octanol–water partition coefficient (Wildman–Crippen LogP) is 8.43. The molecule has 0 aliphatic heterocycles. The van der Waals surface area contributed by atoms with E-state index in [1.165, 1.54) is 44.2 Å². The molecule has 1 aromatic carbocycles. The standard InChI is InChI=1S/C17H18FN.C8H16.C4H9N/c1-6-7-12(2)14(4)19-15(5)13(3)16-8-10-17(18)11-9-16;1-3-5-8(2)6-4-7-8;1-3-4(2)5/h7-11H,1-2H2,3-5H3;3-7H2,1-2H3;3-4H,1,5H2,2H3/b15-13+,19-14?;;. The van der Waals surface area contributed by atoms with Crippen LogP contribution in [0, 0.1) is 11.2 Å². The quantitative estimate of drug-likeness (QED) is 0.197. The fraction of sp³-hybridized carbons (Fsp3) is 0.448. The number of hydrogen-bond acceptors (Lipinski definition) is 2. The van der Waals surface area contributed by atoms with Gasteiger partial charge >= 0.3 is 0 Å². The van der Waals surface area contributed by atoms with Gasteiger partial charge in [0.25, 0.3) is 0 Å². The molecule has 2 rings (SSSR count). The summed E-state index contributed by atoms with van der Waals surface area (Å²) in [5.74, 6) is -0.238. The highest BCUT2D eigenvalue weighted by Crippen LogP contribution is 2.43. The van der Waals surface area contributed by atoms with Crippen LogP contribution in [0.5, 0.6) is 0 Å². The number of nitrogens with two attached hydrogens (primary N) is 1. The van der Waals surface area contributed by atoms with Crippen molar-refractivity contribution in [3.8, 4) is 0 Å². The Morgan fingerprint density at radius 2 is 1.78 bits per heavy atom. The van der Waals surface area contributed by atoms with E-state index in [1.807, 2.05) is 27.7 Å². The van der Waals surface area contributed by atoms with Gasteiger partial charge in [-0.3, -0.25) is 4.99 Å². The molecular formula is C29H43FN2. The Morgan fingerprint density at radius 3 is 2.12 bits per heavy atom. The molecule has 1 fully saturated rings. The van der Waals surface area contributed by atoms with E-state index >= 15 is 0 Å². The van der Waals surface area contributed by atoms with E-state index in [9.17, 15) is 4.39 Å². The van der Waals surface area contributed by atoms with Crippen LogP contribution in [0.2, 0.25) is 0 Å². The van der Waals surface area contributed by atoms with Crippen molar-refractivity contribution in [3.05, 3.63) is 84.5 Å². The van der Waals surface area contributed by atoms with E-state index in [1.54, 1.807) is 24.3 Å². The highest BCUT2D eigenvalue weighted by atomic mass is 19.1. The van der Waals surface area contributed by atoms with Crippen LogP contribution in [0.15, 0.2) is 78.1 Å². The second kappa shape index (κ2) is 15.3. The van der Waals surface area contributed by atoms with Crippen molar-refractivity contribution in [3.63, 3.8) is 0 Å². The maximum absolute atomic E-state index is 12.9. The molecule has 0 spiro atoms. The highest BCUT2D eigenvalue weighted by Gasteiger charge is 2.29. The maximum atomic E-state index is 12.9. The van der Waals surface area contributed by atoms with Gasteiger partial charge in [-0.15, -0.1) is 12.3 Å². The first-order valence-electron chi connectivity index (χ1n) is 11.4. The molecule has 0 radical (unpaired) electrons. The van der Waals surface area contributed by atoms with E-state index in [-0.39, 0.29) is 11.9 Å². The predicted molar refractivity (Wildman–Crippen MR) is 141 cm³/mol. The molecule has 0 aromatic heterocycles. The van der Waals surface area contributed by atoms with Crippen molar-refractivity contribution in [1.29, 1.82) is 0 Å². The second-order valence-electron chi connectivity index (χ2n) is 8.80. The third-order valence-electron chi connectivity index (χ3n) is 5.68. The SMILES string of the molecule is C=C=CC(=C)C(C)=N/C(C)=C(\C)c1ccc(F)cc1.C=CC(C)N.CCCC1(C)CCC1. The van der Waals surface area contributed by atoms with Crippen LogP contribution in [-0.2, 0) is 0 Å². The maximum Gasteiger partial charge on any atom is 0.123 e. The summed E-state index contributed by atoms with van der Waals surface area (Å²) in [6, 6.07) is 6.54. The fourth-order valence-electron chi connectivity index (χ4n) is 3.18. The summed E-state index contributed by atoms with van der Waals surface area (Å²) in [5.41, 5.74) is 13.1. The normalized spacial score (nSPS) is 15.8. The van der Waals surface area contributed by atoms with Crippen LogP contribution >= 0.6 is 0 Å². The molecule has 1 unspecified atom stereocenters. The topological polar surface area (TPSA) is 38.4 Å². The van der Waals surface area contributed by atoms with Crippen molar-refractivity contribution in [1.82, 2.24) is 0 Å². The van der Waals surface area contributed by atoms with Gasteiger partial charge in [0, 0.05) is 17.5 Å². The number of benzene rings is 1. The van der Waals surface area contributed by atoms with Crippen LogP contribution < -0.4 is 5.73 Å². The van der Waals surface area contributed by atoms with Gasteiger partial charge < -0.3 is 5.73 Å². The van der Waals surface area contributed by atoms with E-state index in [0.717, 1.165) is 33.5 Å². The summed E-state index contributed by atoms with van der Waals surface area (Å²) in [5, 5.41) is 0. The van der Waals surface area contributed by atoms with Gasteiger partial charge in [0.1, 0.15) is 5.82 Å². The van der Waals surface area contributed by atoms with Crippen molar-refractivity contribution in [2.24, 2.45) is 16.1 Å². The second-order valence-corrected chi connectivity index (χ2v) is 8.80. The Morgan fingerprint density at radius 1 is 1.25 bits per heavy atom. The largest absolute Gasteiger partial charge is 0.325 e. The third-order valence-corrected chi connectivity index (χ3v) is 5.68. The highest BCUT2D eigenvalue weighted by molar-refractivity contribution is 6.01. The first kappa shape index (κ1) is 29.5. The number of aliphatic imine (C=N–C) groups is 1. The summed E-state index contributed by atoms with van der Waals surface area (Å²) in [4.78, 5) is 4.50. The molecular weight excluding hydrogens is 395 g/mol. The van der Waals surface area contributed by atoms with Crippen LogP contribution in [0.4, 0.5) is 4.39 Å². The summed E-state index contributed by atoms with van der Waals surface area (Å²) in [6.07, 6.45) is 10.7. The molecule has 0 saturated heterocycles. The molecule has 2 N–H and O–H groups in total. The first-order chi connectivity index (χ1) is 15.0. The van der Waals surface area contributed by atoms with Crippen molar-refractivity contribution < 1.29 is 4.39 Å². The van der Waals surface area contributed by atoms with Crippen molar-refractivity contribution >= 4 is 11.3 Å². The van der Waals surface area contributed by atoms with Crippen LogP contribution in [0.1, 0.15) is 79.2 Å². The minimum absolute atomic E-state index is 0.148. The number of halogens is 1. The van der Waals surface area contributed by atoms with Crippen molar-refractivity contribution in [2.45, 2.75) is 79.7 Å². The minimum atomic E-state index is -0.238. The molecule has 0 bridgehead atoms. The molecule has 2 nitrogen and oxygen atoms in total. The van der Waals surface area contributed by atoms with Crippen LogP contribution in [0.25, 0.3) is 5.57 Å². The Labute approximate surface area is 196 Å². The number of hydrogen-bond donors (Lipinski definition) is 1. The van der Waals surface area contributed by atoms with Gasteiger partial charge in [-0.1, -0.05) is 58.1 Å². The third kappa shape index (κ3) is 11.8. The molecule has 1 aliphatic carbocycles. The van der Waals surface area contributed by atoms with Gasteiger partial charge in [-0.2, -0.15) is 0 Å². The zero-order chi connectivity index (χ0) is 24.7. The van der Waals surface area contributed by atoms with Gasteiger partial charge in [0.15, 0.2) is 0 Å². The monoisotopic (exact) mass is 438 g/mol. The van der Waals surface area contributed by atoms with Crippen LogP contribution in [-0.4, -0.2) is 11.8 Å². The molecule has 1 aliphatic rings. The molecule has 0 heterocycles. The average Bonchev–Trinajstić information content (AvgIpc) is 2.73. The van der Waals surface area contributed by atoms with Gasteiger partial charge in [-0.05, 0) is 87.3 Å². The Balaban J connectivity index is 0.000000602. The van der Waals surface area contributed by atoms with Crippen LogP contribution in [0.3, 0.4) is 0 Å². The van der Waals surface area contributed by atoms with E-state index in [4.69, 9.17) is 5.73 Å². The molecule has 1 saturated carbocycles. The molecule has 1 aromatic rings. The summed E-state index contributed by atoms with van der Waals surface area (Å²) in [6.45, 7) is 23.2. The Kier molecular flexibility index (Phi) is 14.2. The smallest absolute Gasteiger partial charge is 0.123 e. The number of nitrogens with zero attached hydrogens (tertiary/aromatic N) is 1. The van der Waals surface area contributed by atoms with Gasteiger partial charge in [0.05, 0.1) is 0 Å². The Bertz CT molecular complexity index is 830. The Hall–Kier alpha value is -2.48. The summed E-state index contributed by atoms with van der Waals surface area (Å²) >= 11 is 0. The molecule has 176 valence electrons. The zero-order valence-corrected chi connectivity index (χ0v) is 21.1. The minimum Gasteiger partial charge on any atom is -0.325 e. The van der Waals surface area contributed by atoms with E-state index < -0.39 is 0 Å². The summed E-state index contributed by atoms with van der Waals surface area (Å²) < 4.78 is 12.9. The van der Waals surface area contributed by atoms with E-state index in [0.29, 0.717) is 0 Å². The first-order valence-corrected chi connectivity index (χ1v) is 11.4. The fourth-order valence-corrected chi connectivity index (χ4v) is 3.18. The summed E-state index contributed by atoms with van der Waals surface area (Å²) in [7, 11) is 0. The molecule has 32 heavy (non-hydrogen) atoms.